The molecule has 0 aromatic heterocycles. The highest BCUT2D eigenvalue weighted by molar-refractivity contribution is 5.77. The first-order valence-electron chi connectivity index (χ1n) is 6.31. The van der Waals surface area contributed by atoms with Crippen LogP contribution in [0.25, 0.3) is 0 Å². The van der Waals surface area contributed by atoms with Gasteiger partial charge in [0.05, 0.1) is 6.61 Å². The Labute approximate surface area is 96.9 Å². The predicted octanol–water partition coefficient (Wildman–Crippen LogP) is 0.801. The maximum Gasteiger partial charge on any atom is 0.221 e. The first-order valence-corrected chi connectivity index (χ1v) is 6.31. The summed E-state index contributed by atoms with van der Waals surface area (Å²) in [6.45, 7) is 2.10. The van der Waals surface area contributed by atoms with E-state index in [0.29, 0.717) is 19.6 Å². The van der Waals surface area contributed by atoms with Gasteiger partial charge >= 0.3 is 0 Å². The molecule has 0 spiro atoms. The normalized spacial score (nSPS) is 22.6. The van der Waals surface area contributed by atoms with Gasteiger partial charge in [-0.05, 0) is 38.0 Å². The van der Waals surface area contributed by atoms with Gasteiger partial charge in [-0.25, -0.2) is 0 Å². The lowest BCUT2D eigenvalue weighted by molar-refractivity contribution is -0.123. The third kappa shape index (κ3) is 3.76. The Morgan fingerprint density at radius 1 is 1.44 bits per heavy atom. The lowest BCUT2D eigenvalue weighted by atomic mass is 9.75. The standard InChI is InChI=1S/C12H22N2O2/c13-12(4-1-5-12)8-11(15)14-6-7-16-9-10-2-3-10/h10H,1-9,13H2,(H,14,15). The summed E-state index contributed by atoms with van der Waals surface area (Å²) in [6, 6.07) is 0. The van der Waals surface area contributed by atoms with Crippen molar-refractivity contribution < 1.29 is 9.53 Å². The second kappa shape index (κ2) is 5.15. The zero-order chi connectivity index (χ0) is 11.4. The van der Waals surface area contributed by atoms with E-state index < -0.39 is 0 Å². The van der Waals surface area contributed by atoms with Crippen molar-refractivity contribution in [2.45, 2.75) is 44.1 Å². The molecule has 0 bridgehead atoms. The van der Waals surface area contributed by atoms with Gasteiger partial charge in [-0.2, -0.15) is 0 Å². The van der Waals surface area contributed by atoms with Gasteiger partial charge in [0.1, 0.15) is 0 Å². The second-order valence-corrected chi connectivity index (χ2v) is 5.26. The summed E-state index contributed by atoms with van der Waals surface area (Å²) < 4.78 is 5.43. The number of amides is 1. The molecule has 2 aliphatic carbocycles. The van der Waals surface area contributed by atoms with Crippen LogP contribution in [-0.4, -0.2) is 31.2 Å². The van der Waals surface area contributed by atoms with Crippen LogP contribution in [0.5, 0.6) is 0 Å². The summed E-state index contributed by atoms with van der Waals surface area (Å²) in [5.41, 5.74) is 5.78. The minimum Gasteiger partial charge on any atom is -0.379 e. The fraction of sp³-hybridized carbons (Fsp3) is 0.917. The Kier molecular flexibility index (Phi) is 3.82. The molecular weight excluding hydrogens is 204 g/mol. The summed E-state index contributed by atoms with van der Waals surface area (Å²) in [5, 5.41) is 2.86. The van der Waals surface area contributed by atoms with Gasteiger partial charge in [-0.15, -0.1) is 0 Å². The Morgan fingerprint density at radius 3 is 2.75 bits per heavy atom. The van der Waals surface area contributed by atoms with Gasteiger partial charge in [-0.1, -0.05) is 0 Å². The van der Waals surface area contributed by atoms with E-state index in [-0.39, 0.29) is 11.4 Å². The van der Waals surface area contributed by atoms with Crippen LogP contribution in [0.15, 0.2) is 0 Å². The van der Waals surface area contributed by atoms with E-state index in [4.69, 9.17) is 10.5 Å². The number of nitrogens with one attached hydrogen (secondary N) is 1. The smallest absolute Gasteiger partial charge is 0.221 e. The van der Waals surface area contributed by atoms with Gasteiger partial charge < -0.3 is 15.8 Å². The highest BCUT2D eigenvalue weighted by Crippen LogP contribution is 2.31. The molecule has 2 saturated carbocycles. The third-order valence-electron chi connectivity index (χ3n) is 3.48. The van der Waals surface area contributed by atoms with Crippen molar-refractivity contribution >= 4 is 5.91 Å². The van der Waals surface area contributed by atoms with Gasteiger partial charge in [-0.3, -0.25) is 4.79 Å². The quantitative estimate of drug-likeness (QED) is 0.631. The van der Waals surface area contributed by atoms with Crippen molar-refractivity contribution in [3.8, 4) is 0 Å². The minimum atomic E-state index is -0.209. The molecule has 2 rings (SSSR count). The molecular formula is C12H22N2O2. The van der Waals surface area contributed by atoms with Crippen molar-refractivity contribution in [1.82, 2.24) is 5.32 Å². The van der Waals surface area contributed by atoms with E-state index in [1.165, 1.54) is 12.8 Å². The largest absolute Gasteiger partial charge is 0.379 e. The molecule has 3 N–H and O–H groups in total. The zero-order valence-corrected chi connectivity index (χ0v) is 9.84. The fourth-order valence-electron chi connectivity index (χ4n) is 1.99. The van der Waals surface area contributed by atoms with Crippen molar-refractivity contribution in [2.75, 3.05) is 19.8 Å². The topological polar surface area (TPSA) is 64.4 Å². The Bertz CT molecular complexity index is 247. The molecule has 0 saturated heterocycles. The fourth-order valence-corrected chi connectivity index (χ4v) is 1.99. The molecule has 2 fully saturated rings. The van der Waals surface area contributed by atoms with E-state index in [1.807, 2.05) is 0 Å². The zero-order valence-electron chi connectivity index (χ0n) is 9.84. The van der Waals surface area contributed by atoms with Crippen LogP contribution < -0.4 is 11.1 Å². The Morgan fingerprint density at radius 2 is 2.19 bits per heavy atom. The molecule has 0 heterocycles. The molecule has 16 heavy (non-hydrogen) atoms. The summed E-state index contributed by atoms with van der Waals surface area (Å²) in [7, 11) is 0. The SMILES string of the molecule is NC1(CC(=O)NCCOCC2CC2)CCC1. The average Bonchev–Trinajstić information content (AvgIpc) is 2.98. The molecule has 0 aromatic carbocycles. The Balaban J connectivity index is 1.46. The first kappa shape index (κ1) is 11.9. The van der Waals surface area contributed by atoms with Gasteiger partial charge in [0, 0.05) is 25.1 Å². The molecule has 92 valence electrons. The van der Waals surface area contributed by atoms with Crippen molar-refractivity contribution in [2.24, 2.45) is 11.7 Å². The minimum absolute atomic E-state index is 0.0669. The van der Waals surface area contributed by atoms with Crippen LogP contribution in [0.2, 0.25) is 0 Å². The number of nitrogens with two attached hydrogens (primary N) is 1. The monoisotopic (exact) mass is 226 g/mol. The van der Waals surface area contributed by atoms with Crippen LogP contribution in [-0.2, 0) is 9.53 Å². The van der Waals surface area contributed by atoms with Crippen LogP contribution >= 0.6 is 0 Å². The van der Waals surface area contributed by atoms with E-state index >= 15 is 0 Å². The lowest BCUT2D eigenvalue weighted by Crippen LogP contribution is -2.50. The van der Waals surface area contributed by atoms with Crippen molar-refractivity contribution in [3.63, 3.8) is 0 Å². The molecule has 0 atom stereocenters. The summed E-state index contributed by atoms with van der Waals surface area (Å²) in [5.74, 6) is 0.857. The number of carbonyl (C=O) groups is 1. The van der Waals surface area contributed by atoms with E-state index in [1.54, 1.807) is 0 Å². The number of hydrogen-bond acceptors (Lipinski definition) is 3. The molecule has 2 aliphatic rings. The van der Waals surface area contributed by atoms with Crippen LogP contribution in [0.4, 0.5) is 0 Å². The number of ether oxygens (including phenoxy) is 1. The maximum absolute atomic E-state index is 11.5. The van der Waals surface area contributed by atoms with Gasteiger partial charge in [0.15, 0.2) is 0 Å². The summed E-state index contributed by atoms with van der Waals surface area (Å²) in [4.78, 5) is 11.5. The average molecular weight is 226 g/mol. The third-order valence-corrected chi connectivity index (χ3v) is 3.48. The van der Waals surface area contributed by atoms with Gasteiger partial charge in [0.2, 0.25) is 5.91 Å². The molecule has 0 radical (unpaired) electrons. The number of carbonyl (C=O) groups excluding carboxylic acids is 1. The molecule has 4 nitrogen and oxygen atoms in total. The first-order chi connectivity index (χ1) is 7.68. The van der Waals surface area contributed by atoms with E-state index in [2.05, 4.69) is 5.32 Å². The maximum atomic E-state index is 11.5. The molecule has 4 heteroatoms. The highest BCUT2D eigenvalue weighted by atomic mass is 16.5. The summed E-state index contributed by atoms with van der Waals surface area (Å²) in [6.07, 6.45) is 6.21. The van der Waals surface area contributed by atoms with Crippen LogP contribution in [0.3, 0.4) is 0 Å². The molecule has 0 unspecified atom stereocenters. The predicted molar refractivity (Wildman–Crippen MR) is 61.9 cm³/mol. The van der Waals surface area contributed by atoms with Crippen molar-refractivity contribution in [3.05, 3.63) is 0 Å². The van der Waals surface area contributed by atoms with Gasteiger partial charge in [0.25, 0.3) is 0 Å². The molecule has 1 amide bonds. The van der Waals surface area contributed by atoms with Crippen LogP contribution in [0.1, 0.15) is 38.5 Å². The van der Waals surface area contributed by atoms with E-state index in [0.717, 1.165) is 31.8 Å². The van der Waals surface area contributed by atoms with Crippen LogP contribution in [0, 0.1) is 5.92 Å². The van der Waals surface area contributed by atoms with Crippen molar-refractivity contribution in [1.29, 1.82) is 0 Å². The van der Waals surface area contributed by atoms with E-state index in [9.17, 15) is 4.79 Å². The molecule has 0 aromatic rings. The second-order valence-electron chi connectivity index (χ2n) is 5.26. The molecule has 0 aliphatic heterocycles. The highest BCUT2D eigenvalue weighted by Gasteiger charge is 2.34. The number of rotatable bonds is 7. The lowest BCUT2D eigenvalue weighted by Gasteiger charge is -2.37. The summed E-state index contributed by atoms with van der Waals surface area (Å²) >= 11 is 0. The number of hydrogen-bond donors (Lipinski definition) is 2. The Hall–Kier alpha value is -0.610.